The average molecular weight is 399 g/mol. The summed E-state index contributed by atoms with van der Waals surface area (Å²) < 4.78 is 39.7. The molecule has 0 radical (unpaired) electrons. The molecule has 0 spiro atoms. The van der Waals surface area contributed by atoms with Gasteiger partial charge in [0.05, 0.1) is 15.9 Å². The highest BCUT2D eigenvalue weighted by molar-refractivity contribution is 9.10. The number of hydrogen-bond acceptors (Lipinski definition) is 2. The van der Waals surface area contributed by atoms with Crippen molar-refractivity contribution >= 4 is 38.9 Å². The Bertz CT molecular complexity index is 635. The smallest absolute Gasteiger partial charge is 0.309 e. The quantitative estimate of drug-likeness (QED) is 0.689. The summed E-state index contributed by atoms with van der Waals surface area (Å²) in [5, 5.41) is 3.04. The fourth-order valence-corrected chi connectivity index (χ4v) is 3.87. The lowest BCUT2D eigenvalue weighted by molar-refractivity contribution is -0.138. The topological polar surface area (TPSA) is 12.0 Å². The molecule has 114 valence electrons. The summed E-state index contributed by atoms with van der Waals surface area (Å²) >= 11 is 10.4. The summed E-state index contributed by atoms with van der Waals surface area (Å²) in [6.45, 7) is 1.87. The number of nitrogens with one attached hydrogen (secondary N) is 1. The Kier molecular flexibility index (Phi) is 5.03. The van der Waals surface area contributed by atoms with E-state index < -0.39 is 11.7 Å². The summed E-state index contributed by atoms with van der Waals surface area (Å²) in [5.41, 5.74) is 0.788. The summed E-state index contributed by atoms with van der Waals surface area (Å²) in [7, 11) is 1.71. The molecule has 0 saturated carbocycles. The van der Waals surface area contributed by atoms with Crippen LogP contribution in [0.1, 0.15) is 27.6 Å². The van der Waals surface area contributed by atoms with E-state index in [1.807, 2.05) is 13.0 Å². The number of thiophene rings is 1. The molecule has 0 bridgehead atoms. The van der Waals surface area contributed by atoms with Crippen LogP contribution in [0.2, 0.25) is 4.34 Å². The minimum absolute atomic E-state index is 0.0361. The zero-order valence-electron chi connectivity index (χ0n) is 11.2. The molecule has 1 aromatic heterocycles. The monoisotopic (exact) mass is 397 g/mol. The second-order valence-corrected chi connectivity index (χ2v) is 7.10. The molecule has 2 aromatic rings. The molecule has 1 N–H and O–H groups in total. The van der Waals surface area contributed by atoms with E-state index >= 15 is 0 Å². The van der Waals surface area contributed by atoms with E-state index in [0.29, 0.717) is 9.90 Å². The molecular weight excluding hydrogens is 387 g/mol. The predicted molar refractivity (Wildman–Crippen MR) is 84.1 cm³/mol. The first-order valence-electron chi connectivity index (χ1n) is 6.03. The predicted octanol–water partition coefficient (Wildman–Crippen LogP) is 5.80. The highest BCUT2D eigenvalue weighted by Crippen LogP contribution is 2.39. The van der Waals surface area contributed by atoms with Gasteiger partial charge in [-0.1, -0.05) is 33.6 Å². The lowest BCUT2D eigenvalue weighted by Gasteiger charge is -2.18. The van der Waals surface area contributed by atoms with E-state index in [-0.39, 0.29) is 10.5 Å². The molecule has 1 aromatic carbocycles. The Balaban J connectivity index is 2.48. The Hall–Kier alpha value is -0.560. The van der Waals surface area contributed by atoms with Gasteiger partial charge in [-0.3, -0.25) is 0 Å². The molecule has 0 aliphatic rings. The Morgan fingerprint density at radius 2 is 1.95 bits per heavy atom. The second-order valence-electron chi connectivity index (χ2n) is 4.56. The van der Waals surface area contributed by atoms with E-state index in [1.54, 1.807) is 13.1 Å². The van der Waals surface area contributed by atoms with E-state index in [1.165, 1.54) is 17.4 Å². The maximum atomic E-state index is 13.0. The second kappa shape index (κ2) is 6.28. The van der Waals surface area contributed by atoms with Gasteiger partial charge in [0.2, 0.25) is 0 Å². The van der Waals surface area contributed by atoms with Crippen LogP contribution in [0.3, 0.4) is 0 Å². The molecule has 7 heteroatoms. The minimum Gasteiger partial charge on any atom is -0.309 e. The van der Waals surface area contributed by atoms with Gasteiger partial charge >= 0.3 is 6.18 Å². The van der Waals surface area contributed by atoms with Gasteiger partial charge in [-0.2, -0.15) is 13.2 Å². The molecule has 0 fully saturated rings. The molecule has 0 saturated heterocycles. The molecule has 1 heterocycles. The largest absolute Gasteiger partial charge is 0.417 e. The van der Waals surface area contributed by atoms with Crippen molar-refractivity contribution in [2.75, 3.05) is 7.05 Å². The van der Waals surface area contributed by atoms with Crippen LogP contribution >= 0.6 is 38.9 Å². The maximum Gasteiger partial charge on any atom is 0.417 e. The van der Waals surface area contributed by atoms with Gasteiger partial charge in [-0.05, 0) is 43.3 Å². The third-order valence-electron chi connectivity index (χ3n) is 3.08. The molecule has 0 amide bonds. The van der Waals surface area contributed by atoms with Crippen molar-refractivity contribution in [2.45, 2.75) is 19.1 Å². The van der Waals surface area contributed by atoms with Crippen LogP contribution in [0.4, 0.5) is 13.2 Å². The van der Waals surface area contributed by atoms with Crippen LogP contribution in [0.15, 0.2) is 28.7 Å². The Labute approximate surface area is 138 Å². The zero-order valence-corrected chi connectivity index (χ0v) is 14.3. The van der Waals surface area contributed by atoms with Crippen LogP contribution in [0, 0.1) is 6.92 Å². The van der Waals surface area contributed by atoms with Gasteiger partial charge in [0, 0.05) is 9.35 Å². The number of aryl methyl sites for hydroxylation is 1. The van der Waals surface area contributed by atoms with Gasteiger partial charge in [0.1, 0.15) is 0 Å². The summed E-state index contributed by atoms with van der Waals surface area (Å²) in [6, 6.07) is 5.82. The van der Waals surface area contributed by atoms with E-state index in [4.69, 9.17) is 11.6 Å². The summed E-state index contributed by atoms with van der Waals surface area (Å²) in [6.07, 6.45) is -4.39. The first-order valence-corrected chi connectivity index (χ1v) is 8.02. The number of benzene rings is 1. The van der Waals surface area contributed by atoms with Crippen LogP contribution in [0.5, 0.6) is 0 Å². The Morgan fingerprint density at radius 1 is 1.29 bits per heavy atom. The van der Waals surface area contributed by atoms with E-state index in [2.05, 4.69) is 21.2 Å². The third-order valence-corrected chi connectivity index (χ3v) is 5.39. The fourth-order valence-electron chi connectivity index (χ4n) is 2.04. The summed E-state index contributed by atoms with van der Waals surface area (Å²) in [5.74, 6) is 0. The van der Waals surface area contributed by atoms with Crippen LogP contribution in [-0.4, -0.2) is 7.05 Å². The number of halogens is 5. The number of alkyl halides is 3. The number of hydrogen-bond donors (Lipinski definition) is 1. The van der Waals surface area contributed by atoms with Gasteiger partial charge < -0.3 is 5.32 Å². The zero-order chi connectivity index (χ0) is 15.8. The highest BCUT2D eigenvalue weighted by atomic mass is 79.9. The molecule has 0 aliphatic carbocycles. The van der Waals surface area contributed by atoms with Crippen molar-refractivity contribution in [3.05, 3.63) is 54.6 Å². The van der Waals surface area contributed by atoms with Crippen molar-refractivity contribution < 1.29 is 13.2 Å². The lowest BCUT2D eigenvalue weighted by atomic mass is 10.0. The first-order chi connectivity index (χ1) is 9.74. The molecule has 0 aliphatic heterocycles. The lowest BCUT2D eigenvalue weighted by Crippen LogP contribution is -2.17. The normalized spacial score (nSPS) is 13.5. The average Bonchev–Trinajstić information content (AvgIpc) is 2.71. The molecule has 21 heavy (non-hydrogen) atoms. The van der Waals surface area contributed by atoms with Crippen LogP contribution in [0.25, 0.3) is 0 Å². The molecule has 2 rings (SSSR count). The van der Waals surface area contributed by atoms with Crippen molar-refractivity contribution in [3.8, 4) is 0 Å². The molecular formula is C14H12BrClF3NS. The molecule has 1 unspecified atom stereocenters. The number of rotatable bonds is 3. The molecule has 1 nitrogen and oxygen atoms in total. The maximum absolute atomic E-state index is 13.0. The summed E-state index contributed by atoms with van der Waals surface area (Å²) in [4.78, 5) is 0.885. The standard InChI is InChI=1S/C14H12BrClF3NS/c1-7-5-11(21-13(7)16)12(20-2)8-3-4-10(15)9(6-8)14(17,18)19/h3-6,12,20H,1-2H3. The Morgan fingerprint density at radius 3 is 2.43 bits per heavy atom. The fraction of sp³-hybridized carbons (Fsp3) is 0.286. The van der Waals surface area contributed by atoms with Crippen LogP contribution in [-0.2, 0) is 6.18 Å². The van der Waals surface area contributed by atoms with Crippen LogP contribution < -0.4 is 5.32 Å². The first kappa shape index (κ1) is 16.8. The van der Waals surface area contributed by atoms with Crippen molar-refractivity contribution in [1.29, 1.82) is 0 Å². The van der Waals surface area contributed by atoms with Crippen molar-refractivity contribution in [1.82, 2.24) is 5.32 Å². The SMILES string of the molecule is CNC(c1ccc(Br)c(C(F)(F)F)c1)c1cc(C)c(Cl)s1. The van der Waals surface area contributed by atoms with Gasteiger partial charge in [-0.25, -0.2) is 0 Å². The highest BCUT2D eigenvalue weighted by Gasteiger charge is 2.33. The van der Waals surface area contributed by atoms with Crippen molar-refractivity contribution in [2.24, 2.45) is 0 Å². The third kappa shape index (κ3) is 3.62. The van der Waals surface area contributed by atoms with Gasteiger partial charge in [-0.15, -0.1) is 11.3 Å². The van der Waals surface area contributed by atoms with Gasteiger partial charge in [0.25, 0.3) is 0 Å². The minimum atomic E-state index is -4.39. The van der Waals surface area contributed by atoms with Gasteiger partial charge in [0.15, 0.2) is 0 Å². The molecule has 1 atom stereocenters. The van der Waals surface area contributed by atoms with E-state index in [9.17, 15) is 13.2 Å². The van der Waals surface area contributed by atoms with Crippen molar-refractivity contribution in [3.63, 3.8) is 0 Å². The van der Waals surface area contributed by atoms with E-state index in [0.717, 1.165) is 16.5 Å².